The molecule has 0 saturated carbocycles. The van der Waals surface area contributed by atoms with Crippen LogP contribution >= 0.6 is 33.0 Å². The summed E-state index contributed by atoms with van der Waals surface area (Å²) in [6, 6.07) is 90.9. The van der Waals surface area contributed by atoms with E-state index in [-0.39, 0.29) is 69.8 Å². The van der Waals surface area contributed by atoms with Crippen LogP contribution in [-0.4, -0.2) is 86.8 Å². The number of rotatable bonds is 32. The molecule has 0 aliphatic rings. The second-order valence-electron chi connectivity index (χ2n) is 39.9. The molecule has 0 unspecified atom stereocenters. The van der Waals surface area contributed by atoms with Gasteiger partial charge in [-0.1, -0.05) is 260 Å². The minimum Gasteiger partial charge on any atom is -0.508 e. The zero-order valence-electron chi connectivity index (χ0n) is 84.9. The van der Waals surface area contributed by atoms with Gasteiger partial charge in [-0.15, -0.1) is 0 Å². The van der Waals surface area contributed by atoms with Crippen molar-refractivity contribution in [1.82, 2.24) is 26.2 Å². The predicted octanol–water partition coefficient (Wildman–Crippen LogP) is 31.1. The molecular formula is C117H119N7O20P4. The fourth-order valence-corrected chi connectivity index (χ4v) is 21.8. The number of hydrogen-bond donors (Lipinski definition) is 7. The largest absolute Gasteiger partial charge is 0.508 e. The number of urea groups is 2. The summed E-state index contributed by atoms with van der Waals surface area (Å²) in [7, 11) is -7.15. The summed E-state index contributed by atoms with van der Waals surface area (Å²) in [6.07, 6.45) is 0.344. The average molecular weight is 2070 g/mol. The van der Waals surface area contributed by atoms with E-state index >= 15 is 0 Å². The number of amides is 6. The molecule has 0 bridgehead atoms. The average Bonchev–Trinajstić information content (AvgIpc) is 1.00. The van der Waals surface area contributed by atoms with Crippen LogP contribution in [0.1, 0.15) is 136 Å². The van der Waals surface area contributed by atoms with E-state index in [1.54, 1.807) is 43.5 Å². The van der Waals surface area contributed by atoms with Crippen molar-refractivity contribution >= 4 is 156 Å². The number of phenols is 1. The Kier molecular flexibility index (Phi) is 31.1. The molecule has 0 radical (unpaired) electrons. The first-order valence-corrected chi connectivity index (χ1v) is 53.5. The summed E-state index contributed by atoms with van der Waals surface area (Å²) < 4.78 is 103. The Balaban J connectivity index is 0.474. The molecule has 0 spiro atoms. The molecule has 762 valence electrons. The summed E-state index contributed by atoms with van der Waals surface area (Å²) in [6.45, 7) is 29.3. The Labute approximate surface area is 861 Å². The highest BCUT2D eigenvalue weighted by atomic mass is 31.1. The number of methoxy groups -OCH3 is 1. The molecule has 31 heteroatoms. The number of para-hydroxylation sites is 8. The number of hydrogen-bond acceptors (Lipinski definition) is 21. The summed E-state index contributed by atoms with van der Waals surface area (Å²) in [5, 5.41) is 36.0. The highest BCUT2D eigenvalue weighted by Crippen LogP contribution is 2.57. The number of ether oxygens (including phenoxy) is 3. The van der Waals surface area contributed by atoms with Gasteiger partial charge in [0.2, 0.25) is 11.8 Å². The molecule has 0 aliphatic heterocycles. The summed E-state index contributed by atoms with van der Waals surface area (Å²) in [4.78, 5) is 54.9. The Morgan fingerprint density at radius 2 is 0.554 bits per heavy atom. The van der Waals surface area contributed by atoms with Crippen molar-refractivity contribution in [1.29, 1.82) is 0 Å². The van der Waals surface area contributed by atoms with Gasteiger partial charge >= 0.3 is 45.0 Å². The quantitative estimate of drug-likeness (QED) is 0.0193. The van der Waals surface area contributed by atoms with Crippen molar-refractivity contribution in [2.45, 2.75) is 138 Å². The van der Waals surface area contributed by atoms with E-state index in [9.17, 15) is 24.3 Å². The van der Waals surface area contributed by atoms with Gasteiger partial charge in [-0.05, 0) is 161 Å². The maximum absolute atomic E-state index is 13.3. The number of phenolic OH excluding ortho intramolecular Hbond substituents is 1. The minimum absolute atomic E-state index is 0.0238. The Hall–Kier alpha value is -15.5. The van der Waals surface area contributed by atoms with Gasteiger partial charge in [0, 0.05) is 151 Å². The SMILES string of the molecule is CCN(CCC(=O)NCCNC(=O)Nc1ccc(COc2cc(-c3cc(O)cc(C(C)(C)C)c3Op3oc4ccccc4c4ccccc4o3)c(Op3oc4ccccc4c4ccccc4o3)c(C(C)(C)C)c2)cc1)CCC(=O)NCCNC(=O)Nc1ccc(COc2cc(-c3cc(OC)cc(C(C)(C)C)c3Op3oc4ccccc4c4ccccc4o3)c(Op3oc4ccccc4c4ccccc4o3)c(C(C)(C)C)c2)cc1. The van der Waals surface area contributed by atoms with Crippen LogP contribution in [0.2, 0.25) is 0 Å². The number of aromatic hydroxyl groups is 1. The van der Waals surface area contributed by atoms with E-state index in [1.807, 2.05) is 287 Å². The maximum atomic E-state index is 13.3. The third kappa shape index (κ3) is 24.6. The van der Waals surface area contributed by atoms with E-state index in [0.29, 0.717) is 144 Å². The number of nitrogens with zero attached hydrogens (tertiary/aromatic N) is 1. The molecule has 4 heterocycles. The van der Waals surface area contributed by atoms with Crippen molar-refractivity contribution in [2.24, 2.45) is 0 Å². The van der Waals surface area contributed by atoms with E-state index in [0.717, 1.165) is 70.9 Å². The summed E-state index contributed by atoms with van der Waals surface area (Å²) in [5.74, 6) is 2.82. The van der Waals surface area contributed by atoms with Gasteiger partial charge < -0.3 is 108 Å². The number of carbonyl (C=O) groups excluding carboxylic acids is 4. The minimum atomic E-state index is -2.22. The molecule has 14 aromatic carbocycles. The van der Waals surface area contributed by atoms with Gasteiger partial charge in [0.05, 0.1) is 7.11 Å². The Morgan fingerprint density at radius 3 is 0.818 bits per heavy atom. The lowest BCUT2D eigenvalue weighted by Gasteiger charge is -2.28. The molecule has 7 N–H and O–H groups in total. The first kappa shape index (κ1) is 103. The van der Waals surface area contributed by atoms with Crippen LogP contribution in [-0.2, 0) is 44.5 Å². The number of fused-ring (bicyclic) bond motifs is 12. The predicted molar refractivity (Wildman–Crippen MR) is 589 cm³/mol. The molecule has 0 aliphatic carbocycles. The van der Waals surface area contributed by atoms with Crippen molar-refractivity contribution < 1.29 is 90.2 Å². The second kappa shape index (κ2) is 44.8. The highest BCUT2D eigenvalue weighted by Gasteiger charge is 2.36. The third-order valence-corrected chi connectivity index (χ3v) is 29.2. The van der Waals surface area contributed by atoms with Crippen LogP contribution in [0.3, 0.4) is 0 Å². The number of anilines is 2. The van der Waals surface area contributed by atoms with Gasteiger partial charge in [0.1, 0.15) is 104 Å². The number of nitrogens with one attached hydrogen (secondary N) is 6. The molecule has 27 nitrogen and oxygen atoms in total. The maximum Gasteiger partial charge on any atom is 0.453 e. The lowest BCUT2D eigenvalue weighted by atomic mass is 9.81. The van der Waals surface area contributed by atoms with E-state index in [1.165, 1.54) is 0 Å². The van der Waals surface area contributed by atoms with Crippen molar-refractivity contribution in [3.63, 3.8) is 0 Å². The van der Waals surface area contributed by atoms with Crippen LogP contribution < -0.4 is 64.2 Å². The number of benzene rings is 14. The highest BCUT2D eigenvalue weighted by molar-refractivity contribution is 7.33. The van der Waals surface area contributed by atoms with Crippen LogP contribution in [0.4, 0.5) is 21.0 Å². The van der Waals surface area contributed by atoms with Crippen LogP contribution in [0.5, 0.6) is 46.0 Å². The first-order chi connectivity index (χ1) is 71.3. The second-order valence-corrected chi connectivity index (χ2v) is 43.9. The van der Waals surface area contributed by atoms with Crippen LogP contribution in [0.25, 0.3) is 110 Å². The molecule has 18 aromatic rings. The molecule has 148 heavy (non-hydrogen) atoms. The van der Waals surface area contributed by atoms with E-state index in [2.05, 4.69) is 94.2 Å². The third-order valence-electron chi connectivity index (χ3n) is 25.1. The molecule has 4 aromatic heterocycles. The van der Waals surface area contributed by atoms with Crippen molar-refractivity contribution in [3.05, 3.63) is 325 Å². The fourth-order valence-electron chi connectivity index (χ4n) is 17.4. The fraction of sp³-hybridized carbons (Fsp3) is 0.248. The van der Waals surface area contributed by atoms with E-state index < -0.39 is 66.7 Å². The van der Waals surface area contributed by atoms with Gasteiger partial charge in [-0.2, -0.15) is 0 Å². The van der Waals surface area contributed by atoms with Gasteiger partial charge in [0.25, 0.3) is 0 Å². The first-order valence-electron chi connectivity index (χ1n) is 49.1. The van der Waals surface area contributed by atoms with Gasteiger partial charge in [0.15, 0.2) is 0 Å². The van der Waals surface area contributed by atoms with E-state index in [4.69, 9.17) is 65.9 Å². The van der Waals surface area contributed by atoms with Crippen LogP contribution in [0.15, 0.2) is 325 Å². The molecule has 0 fully saturated rings. The smallest absolute Gasteiger partial charge is 0.453 e. The van der Waals surface area contributed by atoms with Crippen molar-refractivity contribution in [3.8, 4) is 68.2 Å². The lowest BCUT2D eigenvalue weighted by molar-refractivity contribution is -0.121. The van der Waals surface area contributed by atoms with Crippen LogP contribution in [0, 0.1) is 0 Å². The van der Waals surface area contributed by atoms with Gasteiger partial charge in [-0.25, -0.2) is 9.59 Å². The molecule has 0 saturated heterocycles. The van der Waals surface area contributed by atoms with Crippen molar-refractivity contribution in [2.75, 3.05) is 63.6 Å². The zero-order chi connectivity index (χ0) is 104. The molecule has 0 atom stereocenters. The zero-order valence-corrected chi connectivity index (χ0v) is 88.5. The molecule has 18 rings (SSSR count). The molecule has 6 amide bonds. The molecular weight excluding hydrogens is 1950 g/mol. The summed E-state index contributed by atoms with van der Waals surface area (Å²) in [5.41, 5.74) is 10.1. The lowest BCUT2D eigenvalue weighted by Crippen LogP contribution is -2.39. The summed E-state index contributed by atoms with van der Waals surface area (Å²) >= 11 is 0. The Morgan fingerprint density at radius 1 is 0.311 bits per heavy atom. The van der Waals surface area contributed by atoms with Gasteiger partial charge in [-0.3, -0.25) is 9.59 Å². The number of carbonyl (C=O) groups is 4. The Bertz CT molecular complexity index is 7930. The standard InChI is InChI=1S/C117H119N7O20P4/c1-15-124(62-56-106(126)118-58-60-120-112(128)122-76-52-48-74(49-53-76)72-131-80-67-92(110(96(70-80)116(8,9)10)143-147-137-102-44-28-20-36-86(102)87-37-21-29-45-103(87)138-147)90-64-78(125)65-94(114(2,3)4)108(90)141-145-133-98-40-24-16-32-82(98)83-33-17-25-41-99(83)134-145)63-57-107(127)119-59-61-121-113(129)123-77-54-50-75(51-55-77)73-132-81-68-93(111(97(71-81)117(11,12)13)144-148-139-104-46-30-22-38-88(104)89-39-23-31-47-105(89)140-148)91-66-79(130-14)69-95(115(5,6)7)109(91)142-146-135-100-42-26-18-34-84(100)85-35-19-27-43-101(85)136-146/h16-55,64-71,125H,15,56-63,72-73H2,1-14H3,(H,118,126)(H,119,127)(H2,120,122,128)(H2,121,123,129). The monoisotopic (exact) mass is 2070 g/mol. The normalized spacial score (nSPS) is 11.8. The topological polar surface area (TPSA) is 334 Å².